The van der Waals surface area contributed by atoms with E-state index in [9.17, 15) is 73.8 Å². The molecule has 0 aliphatic heterocycles. The molecule has 298 valence electrons. The number of carboxylic acid groups (broad SMARTS) is 6. The first kappa shape index (κ1) is 59.2. The summed E-state index contributed by atoms with van der Waals surface area (Å²) in [6, 6.07) is 0. The maximum absolute atomic E-state index is 11.9. The van der Waals surface area contributed by atoms with Crippen molar-refractivity contribution in [3.05, 3.63) is 143 Å². The van der Waals surface area contributed by atoms with Crippen LogP contribution >= 0.6 is 0 Å². The Hall–Kier alpha value is -6.04. The van der Waals surface area contributed by atoms with Crippen molar-refractivity contribution in [1.82, 2.24) is 0 Å². The molecule has 0 aromatic carbocycles. The van der Waals surface area contributed by atoms with Gasteiger partial charge in [-0.15, -0.1) is 0 Å². The second-order valence-electron chi connectivity index (χ2n) is 10.3. The standard InChI is InChI=1S/3C13H14O5.2Ru/c3*1-5-7(3)9(12(15)16)11(14)10(13(17)18)8(4)6-2;;/h3*5-6H,1-2H2,3-4H3,(H,15,16)(H,17,18);;/q;;;2*+3/p-6. The van der Waals surface area contributed by atoms with Crippen LogP contribution in [0.15, 0.2) is 143 Å². The van der Waals surface area contributed by atoms with E-state index < -0.39 is 86.6 Å². The van der Waals surface area contributed by atoms with Gasteiger partial charge in [0.2, 0.25) is 0 Å². The summed E-state index contributed by atoms with van der Waals surface area (Å²) in [6.07, 6.45) is 6.75. The third-order valence-corrected chi connectivity index (χ3v) is 6.79. The van der Waals surface area contributed by atoms with Gasteiger partial charge in [0.25, 0.3) is 0 Å². The van der Waals surface area contributed by atoms with E-state index in [4.69, 9.17) is 0 Å². The molecule has 15 nitrogen and oxygen atoms in total. The number of rotatable bonds is 18. The Labute approximate surface area is 348 Å². The van der Waals surface area contributed by atoms with Crippen LogP contribution in [0.3, 0.4) is 0 Å². The quantitative estimate of drug-likeness (QED) is 0.0440. The number of hydrogen-bond acceptors (Lipinski definition) is 15. The first-order chi connectivity index (χ1) is 24.8. The number of Topliss-reactive ketones (excluding diaryl/α,β-unsaturated/α-hetero) is 3. The smallest absolute Gasteiger partial charge is 0.545 e. The molecule has 0 aromatic rings. The third-order valence-electron chi connectivity index (χ3n) is 6.79. The Morgan fingerprint density at radius 2 is 0.375 bits per heavy atom. The van der Waals surface area contributed by atoms with Crippen molar-refractivity contribution in [2.45, 2.75) is 41.5 Å². The number of aliphatic carboxylic acids is 6. The molecule has 0 aromatic heterocycles. The van der Waals surface area contributed by atoms with Crippen molar-refractivity contribution in [2.24, 2.45) is 0 Å². The van der Waals surface area contributed by atoms with E-state index in [2.05, 4.69) is 39.5 Å². The molecule has 17 heteroatoms. The molecule has 0 heterocycles. The number of carbonyl (C=O) groups excluding carboxylic acids is 9. The average molecular weight is 947 g/mol. The molecule has 0 bridgehead atoms. The van der Waals surface area contributed by atoms with Crippen LogP contribution in [0, 0.1) is 0 Å². The van der Waals surface area contributed by atoms with Crippen LogP contribution in [-0.2, 0) is 82.1 Å². The maximum Gasteiger partial charge on any atom is 3.00 e. The van der Waals surface area contributed by atoms with Gasteiger partial charge in [0.15, 0.2) is 17.3 Å². The Kier molecular flexibility index (Phi) is 30.1. The number of carboxylic acids is 6. The minimum Gasteiger partial charge on any atom is -0.545 e. The number of carbonyl (C=O) groups is 9. The topological polar surface area (TPSA) is 292 Å². The Balaban J connectivity index is -0.000000228. The summed E-state index contributed by atoms with van der Waals surface area (Å²) in [5, 5.41) is 65.3. The summed E-state index contributed by atoms with van der Waals surface area (Å²) in [4.78, 5) is 101. The van der Waals surface area contributed by atoms with Crippen LogP contribution in [0.1, 0.15) is 41.5 Å². The molecule has 0 unspecified atom stereocenters. The summed E-state index contributed by atoms with van der Waals surface area (Å²) in [5.74, 6) is -14.2. The first-order valence-corrected chi connectivity index (χ1v) is 14.7. The number of hydrogen-bond donors (Lipinski definition) is 0. The fraction of sp³-hybridized carbons (Fsp3) is 0.154. The van der Waals surface area contributed by atoms with Crippen LogP contribution in [0.2, 0.25) is 0 Å². The van der Waals surface area contributed by atoms with Gasteiger partial charge in [0.05, 0.1) is 35.8 Å². The Bertz CT molecular complexity index is 1570. The zero-order valence-corrected chi connectivity index (χ0v) is 34.5. The van der Waals surface area contributed by atoms with Gasteiger partial charge < -0.3 is 59.4 Å². The molecular formula is C39H36O15Ru2. The molecule has 0 N–H and O–H groups in total. The third kappa shape index (κ3) is 17.4. The summed E-state index contributed by atoms with van der Waals surface area (Å²) < 4.78 is 0. The van der Waals surface area contributed by atoms with Gasteiger partial charge in [-0.3, -0.25) is 14.4 Å². The number of allylic oxidation sites excluding steroid dienone is 12. The van der Waals surface area contributed by atoms with Crippen molar-refractivity contribution >= 4 is 53.2 Å². The van der Waals surface area contributed by atoms with E-state index in [-0.39, 0.29) is 72.4 Å². The molecule has 2 radical (unpaired) electrons. The molecule has 0 aliphatic rings. The number of ketones is 3. The molecule has 0 atom stereocenters. The normalized spacial score (nSPS) is 12.5. The van der Waals surface area contributed by atoms with Crippen molar-refractivity contribution in [2.75, 3.05) is 0 Å². The van der Waals surface area contributed by atoms with E-state index >= 15 is 0 Å². The van der Waals surface area contributed by atoms with Gasteiger partial charge in [-0.25, -0.2) is 0 Å². The van der Waals surface area contributed by atoms with Gasteiger partial charge in [-0.1, -0.05) is 75.9 Å². The summed E-state index contributed by atoms with van der Waals surface area (Å²) in [7, 11) is 0. The second-order valence-corrected chi connectivity index (χ2v) is 10.3. The molecule has 0 saturated carbocycles. The van der Waals surface area contributed by atoms with Crippen LogP contribution in [-0.4, -0.2) is 53.2 Å². The van der Waals surface area contributed by atoms with Gasteiger partial charge >= 0.3 is 39.0 Å². The van der Waals surface area contributed by atoms with E-state index in [0.29, 0.717) is 0 Å². The minimum atomic E-state index is -1.77. The van der Waals surface area contributed by atoms with E-state index in [0.717, 1.165) is 36.5 Å². The van der Waals surface area contributed by atoms with Gasteiger partial charge in [-0.05, 0) is 75.0 Å². The van der Waals surface area contributed by atoms with Crippen LogP contribution in [0.5, 0.6) is 0 Å². The monoisotopic (exact) mass is 948 g/mol. The van der Waals surface area contributed by atoms with Gasteiger partial charge in [0.1, 0.15) is 0 Å². The Morgan fingerprint density at radius 3 is 0.429 bits per heavy atom. The molecule has 0 saturated heterocycles. The van der Waals surface area contributed by atoms with E-state index in [1.54, 1.807) is 0 Å². The molecule has 0 aliphatic carbocycles. The fourth-order valence-corrected chi connectivity index (χ4v) is 3.58. The van der Waals surface area contributed by atoms with Crippen molar-refractivity contribution in [3.8, 4) is 0 Å². The molecule has 0 fully saturated rings. The second kappa shape index (κ2) is 28.4. The van der Waals surface area contributed by atoms with Crippen molar-refractivity contribution in [1.29, 1.82) is 0 Å². The van der Waals surface area contributed by atoms with Crippen LogP contribution in [0.4, 0.5) is 0 Å². The molecule has 0 rings (SSSR count). The van der Waals surface area contributed by atoms with Gasteiger partial charge in [-0.2, -0.15) is 0 Å². The zero-order chi connectivity index (χ0) is 43.4. The maximum atomic E-state index is 11.9. The predicted octanol–water partition coefficient (Wildman–Crippen LogP) is -2.82. The fourth-order valence-electron chi connectivity index (χ4n) is 3.58. The van der Waals surface area contributed by atoms with Gasteiger partial charge in [0, 0.05) is 33.4 Å². The molecule has 0 amide bonds. The summed E-state index contributed by atoms with van der Waals surface area (Å²) in [6.45, 7) is 27.8. The largest absolute Gasteiger partial charge is 3.00 e. The summed E-state index contributed by atoms with van der Waals surface area (Å²) in [5.41, 5.74) is -4.49. The SMILES string of the molecule is C=CC(C)=C(C(=O)[O-])C(=O)C(C(=O)[O-])=C(C)C=C.C=CC(C)=C(C(=O)[O-])C(=O)C(C(=O)[O-])=C(C)C=C.C=CC(C)=C(C(=O)[O-])C(=O)C(C(=O)[O-])=C(C)C=C.[Ru+3].[Ru+3]. The minimum absolute atomic E-state index is 0. The Morgan fingerprint density at radius 1 is 0.286 bits per heavy atom. The van der Waals surface area contributed by atoms with E-state index in [1.165, 1.54) is 41.5 Å². The van der Waals surface area contributed by atoms with Crippen LogP contribution in [0.25, 0.3) is 0 Å². The van der Waals surface area contributed by atoms with Crippen molar-refractivity contribution < 1.29 is 113 Å². The first-order valence-electron chi connectivity index (χ1n) is 14.7. The zero-order valence-electron chi connectivity index (χ0n) is 31.0. The average Bonchev–Trinajstić information content (AvgIpc) is 3.07. The van der Waals surface area contributed by atoms with E-state index in [1.807, 2.05) is 0 Å². The van der Waals surface area contributed by atoms with Crippen molar-refractivity contribution in [3.63, 3.8) is 0 Å². The summed E-state index contributed by atoms with van der Waals surface area (Å²) >= 11 is 0. The molecule has 0 spiro atoms. The predicted molar refractivity (Wildman–Crippen MR) is 182 cm³/mol. The molecular weight excluding hydrogens is 911 g/mol. The van der Waals surface area contributed by atoms with Crippen LogP contribution < -0.4 is 30.6 Å². The molecule has 56 heavy (non-hydrogen) atoms.